The molecular weight excluding hydrogens is 148 g/mol. The normalized spacial score (nSPS) is 9.80. The first-order valence-electron chi connectivity index (χ1n) is 2.91. The molecule has 0 amide bonds. The highest BCUT2D eigenvalue weighted by atomic mass is 32.1. The number of aromatic carboxylic acids is 1. The van der Waals surface area contributed by atoms with Crippen molar-refractivity contribution in [1.82, 2.24) is 0 Å². The van der Waals surface area contributed by atoms with Gasteiger partial charge in [0.25, 0.3) is 0 Å². The summed E-state index contributed by atoms with van der Waals surface area (Å²) in [5, 5.41) is 8.59. The molecule has 0 atom stereocenters. The van der Waals surface area contributed by atoms with E-state index in [0.29, 0.717) is 4.88 Å². The van der Waals surface area contributed by atoms with E-state index in [-0.39, 0.29) is 0 Å². The first kappa shape index (κ1) is 7.28. The lowest BCUT2D eigenvalue weighted by molar-refractivity contribution is 0.0701. The van der Waals surface area contributed by atoms with Crippen molar-refractivity contribution >= 4 is 17.3 Å². The molecule has 0 fully saturated rings. The molecule has 1 N–H and O–H groups in total. The molecule has 0 saturated carbocycles. The van der Waals surface area contributed by atoms with Crippen LogP contribution in [-0.2, 0) is 0 Å². The molecular formula is C7H8O2S. The summed E-state index contributed by atoms with van der Waals surface area (Å²) in [5.74, 6) is -0.824. The highest BCUT2D eigenvalue weighted by Gasteiger charge is 2.08. The van der Waals surface area contributed by atoms with Crippen molar-refractivity contribution in [1.29, 1.82) is 0 Å². The number of rotatable bonds is 1. The van der Waals surface area contributed by atoms with Crippen LogP contribution in [-0.4, -0.2) is 11.1 Å². The summed E-state index contributed by atoms with van der Waals surface area (Å²) in [6, 6.07) is 1.88. The summed E-state index contributed by atoms with van der Waals surface area (Å²) in [7, 11) is 0. The number of aryl methyl sites for hydroxylation is 2. The molecule has 10 heavy (non-hydrogen) atoms. The van der Waals surface area contributed by atoms with Gasteiger partial charge in [0.15, 0.2) is 0 Å². The largest absolute Gasteiger partial charge is 0.477 e. The van der Waals surface area contributed by atoms with Gasteiger partial charge in [-0.2, -0.15) is 0 Å². The van der Waals surface area contributed by atoms with Crippen molar-refractivity contribution in [2.24, 2.45) is 0 Å². The van der Waals surface area contributed by atoms with Gasteiger partial charge in [0.2, 0.25) is 0 Å². The number of carboxylic acid groups (broad SMARTS) is 1. The zero-order chi connectivity index (χ0) is 7.72. The number of carbonyl (C=O) groups is 1. The van der Waals surface area contributed by atoms with Crippen LogP contribution in [0.25, 0.3) is 0 Å². The fraction of sp³-hybridized carbons (Fsp3) is 0.286. The van der Waals surface area contributed by atoms with E-state index in [9.17, 15) is 4.79 Å². The Morgan fingerprint density at radius 3 is 2.40 bits per heavy atom. The smallest absolute Gasteiger partial charge is 0.346 e. The maximum Gasteiger partial charge on any atom is 0.346 e. The standard InChI is InChI=1S/C7H8O2S/c1-4-3-5(2)10-6(4)7(8)9/h3H,1-2H3,(H,8,9). The molecule has 1 rings (SSSR count). The quantitative estimate of drug-likeness (QED) is 0.675. The lowest BCUT2D eigenvalue weighted by atomic mass is 10.3. The molecule has 0 radical (unpaired) electrons. The molecule has 0 aliphatic rings. The Morgan fingerprint density at radius 1 is 1.60 bits per heavy atom. The molecule has 2 nitrogen and oxygen atoms in total. The van der Waals surface area contributed by atoms with Gasteiger partial charge in [0.1, 0.15) is 4.88 Å². The van der Waals surface area contributed by atoms with E-state index in [1.54, 1.807) is 0 Å². The van der Waals surface area contributed by atoms with Gasteiger partial charge in [-0.1, -0.05) is 0 Å². The van der Waals surface area contributed by atoms with Crippen LogP contribution in [0.5, 0.6) is 0 Å². The first-order chi connectivity index (χ1) is 4.61. The van der Waals surface area contributed by atoms with Gasteiger partial charge < -0.3 is 5.11 Å². The number of carboxylic acids is 1. The molecule has 54 valence electrons. The topological polar surface area (TPSA) is 37.3 Å². The highest BCUT2D eigenvalue weighted by Crippen LogP contribution is 2.20. The average Bonchev–Trinajstić information content (AvgIpc) is 2.10. The summed E-state index contributed by atoms with van der Waals surface area (Å²) in [6.07, 6.45) is 0. The van der Waals surface area contributed by atoms with Crippen molar-refractivity contribution in [3.63, 3.8) is 0 Å². The number of hydrogen-bond donors (Lipinski definition) is 1. The Balaban J connectivity index is 3.15. The van der Waals surface area contributed by atoms with Crippen LogP contribution < -0.4 is 0 Å². The molecule has 1 aromatic heterocycles. The Kier molecular flexibility index (Phi) is 1.76. The van der Waals surface area contributed by atoms with E-state index >= 15 is 0 Å². The zero-order valence-corrected chi connectivity index (χ0v) is 6.66. The summed E-state index contributed by atoms with van der Waals surface area (Å²) >= 11 is 1.32. The van der Waals surface area contributed by atoms with Crippen LogP contribution >= 0.6 is 11.3 Å². The molecule has 0 bridgehead atoms. The van der Waals surface area contributed by atoms with Crippen LogP contribution in [0.15, 0.2) is 6.07 Å². The van der Waals surface area contributed by atoms with Crippen LogP contribution in [0.4, 0.5) is 0 Å². The van der Waals surface area contributed by atoms with Crippen molar-refractivity contribution in [3.8, 4) is 0 Å². The second-order valence-electron chi connectivity index (χ2n) is 2.17. The van der Waals surface area contributed by atoms with E-state index < -0.39 is 5.97 Å². The van der Waals surface area contributed by atoms with Crippen molar-refractivity contribution in [2.45, 2.75) is 13.8 Å². The fourth-order valence-corrected chi connectivity index (χ4v) is 1.72. The van der Waals surface area contributed by atoms with Crippen molar-refractivity contribution < 1.29 is 9.90 Å². The zero-order valence-electron chi connectivity index (χ0n) is 5.84. The number of thiophene rings is 1. The van der Waals surface area contributed by atoms with Crippen molar-refractivity contribution in [2.75, 3.05) is 0 Å². The van der Waals surface area contributed by atoms with Gasteiger partial charge in [-0.3, -0.25) is 0 Å². The van der Waals surface area contributed by atoms with Crippen LogP contribution in [0.3, 0.4) is 0 Å². The molecule has 0 unspecified atom stereocenters. The lowest BCUT2D eigenvalue weighted by Gasteiger charge is -1.86. The third kappa shape index (κ3) is 1.19. The van der Waals surface area contributed by atoms with Crippen LogP contribution in [0.1, 0.15) is 20.1 Å². The minimum Gasteiger partial charge on any atom is -0.477 e. The van der Waals surface area contributed by atoms with Gasteiger partial charge in [-0.15, -0.1) is 11.3 Å². The number of hydrogen-bond acceptors (Lipinski definition) is 2. The maximum atomic E-state index is 10.4. The fourth-order valence-electron chi connectivity index (χ4n) is 0.854. The predicted octanol–water partition coefficient (Wildman–Crippen LogP) is 2.06. The van der Waals surface area contributed by atoms with Gasteiger partial charge >= 0.3 is 5.97 Å². The van der Waals surface area contributed by atoms with Crippen molar-refractivity contribution in [3.05, 3.63) is 21.4 Å². The summed E-state index contributed by atoms with van der Waals surface area (Å²) in [4.78, 5) is 12.0. The third-order valence-electron chi connectivity index (χ3n) is 1.24. The second-order valence-corrected chi connectivity index (χ2v) is 3.43. The van der Waals surface area contributed by atoms with Gasteiger partial charge in [0.05, 0.1) is 0 Å². The van der Waals surface area contributed by atoms with Gasteiger partial charge in [-0.25, -0.2) is 4.79 Å². The average molecular weight is 156 g/mol. The summed E-state index contributed by atoms with van der Waals surface area (Å²) < 4.78 is 0. The predicted molar refractivity (Wildman–Crippen MR) is 40.8 cm³/mol. The van der Waals surface area contributed by atoms with E-state index in [2.05, 4.69) is 0 Å². The lowest BCUT2D eigenvalue weighted by Crippen LogP contribution is -1.93. The summed E-state index contributed by atoms with van der Waals surface area (Å²) in [6.45, 7) is 3.72. The molecule has 1 aromatic rings. The first-order valence-corrected chi connectivity index (χ1v) is 3.73. The van der Waals surface area contributed by atoms with E-state index in [4.69, 9.17) is 5.11 Å². The van der Waals surface area contributed by atoms with E-state index in [0.717, 1.165) is 10.4 Å². The minimum absolute atomic E-state index is 0.456. The molecule has 0 aliphatic heterocycles. The summed E-state index contributed by atoms with van der Waals surface area (Å²) in [5.41, 5.74) is 0.856. The van der Waals surface area contributed by atoms with Crippen LogP contribution in [0.2, 0.25) is 0 Å². The molecule has 3 heteroatoms. The molecule has 0 aromatic carbocycles. The monoisotopic (exact) mass is 156 g/mol. The van der Waals surface area contributed by atoms with Gasteiger partial charge in [-0.05, 0) is 25.5 Å². The van der Waals surface area contributed by atoms with Gasteiger partial charge in [0, 0.05) is 4.88 Å². The Morgan fingerprint density at radius 2 is 2.20 bits per heavy atom. The molecule has 0 aliphatic carbocycles. The third-order valence-corrected chi connectivity index (χ3v) is 2.38. The Hall–Kier alpha value is -0.830. The SMILES string of the molecule is Cc1cc(C)c(C(=O)O)s1. The Bertz CT molecular complexity index is 263. The second kappa shape index (κ2) is 2.42. The minimum atomic E-state index is -0.824. The molecule has 1 heterocycles. The maximum absolute atomic E-state index is 10.4. The molecule has 0 spiro atoms. The van der Waals surface area contributed by atoms with E-state index in [1.807, 2.05) is 19.9 Å². The van der Waals surface area contributed by atoms with E-state index in [1.165, 1.54) is 11.3 Å². The Labute approximate surface area is 63.1 Å². The van der Waals surface area contributed by atoms with Crippen LogP contribution in [0, 0.1) is 13.8 Å². The highest BCUT2D eigenvalue weighted by molar-refractivity contribution is 7.14. The molecule has 0 saturated heterocycles.